The van der Waals surface area contributed by atoms with E-state index in [1.165, 1.54) is 50.1 Å². The van der Waals surface area contributed by atoms with Crippen LogP contribution < -0.4 is 28.4 Å². The van der Waals surface area contributed by atoms with Crippen molar-refractivity contribution in [1.29, 1.82) is 0 Å². The molecule has 0 aliphatic carbocycles. The number of ether oxygens (including phenoxy) is 6. The summed E-state index contributed by atoms with van der Waals surface area (Å²) in [5.41, 5.74) is 13.9. The van der Waals surface area contributed by atoms with Crippen LogP contribution in [0.25, 0.3) is 0 Å². The van der Waals surface area contributed by atoms with E-state index in [4.69, 9.17) is 28.4 Å². The molecular formula is C42H42O6. The average molecular weight is 643 g/mol. The van der Waals surface area contributed by atoms with E-state index in [1.54, 1.807) is 21.3 Å². The molecule has 0 spiro atoms. The van der Waals surface area contributed by atoms with Crippen LogP contribution in [0.3, 0.4) is 0 Å². The highest BCUT2D eigenvalue weighted by molar-refractivity contribution is 5.63. The minimum Gasteiger partial charge on any atom is -0.496 e. The summed E-state index contributed by atoms with van der Waals surface area (Å²) in [6.07, 6.45) is 2.39. The van der Waals surface area contributed by atoms with Gasteiger partial charge < -0.3 is 28.4 Å². The standard InChI is InChI=1S/C42H42O6/c1-25-34-19-28-10-7-13-31(16-28)46-22-37-40(43-4)38-23-47-32-14-8-11-29(17-32)20-35(25)27(3)36(26(34)2)21-30-12-9-15-33(18-30)48-24-39(41(37)44-5)42(38)45-6/h7-18H,19-24H2,1-6H3. The Labute approximate surface area is 283 Å². The van der Waals surface area contributed by atoms with E-state index in [2.05, 4.69) is 75.4 Å². The molecule has 8 rings (SSSR count). The molecule has 3 aliphatic heterocycles. The van der Waals surface area contributed by atoms with Crippen LogP contribution in [0.2, 0.25) is 0 Å². The Balaban J connectivity index is 1.55. The molecule has 6 nitrogen and oxygen atoms in total. The Kier molecular flexibility index (Phi) is 8.65. The van der Waals surface area contributed by atoms with Crippen LogP contribution >= 0.6 is 0 Å². The van der Waals surface area contributed by atoms with Gasteiger partial charge in [0.2, 0.25) is 0 Å². The van der Waals surface area contributed by atoms with Crippen molar-refractivity contribution >= 4 is 0 Å². The third kappa shape index (κ3) is 5.81. The zero-order valence-electron chi connectivity index (χ0n) is 28.6. The normalized spacial score (nSPS) is 13.6. The van der Waals surface area contributed by atoms with Crippen LogP contribution in [0.15, 0.2) is 72.8 Å². The van der Waals surface area contributed by atoms with E-state index in [-0.39, 0.29) is 19.8 Å². The first-order valence-electron chi connectivity index (χ1n) is 16.5. The zero-order valence-corrected chi connectivity index (χ0v) is 28.6. The molecule has 0 saturated carbocycles. The van der Waals surface area contributed by atoms with Crippen molar-refractivity contribution in [2.24, 2.45) is 0 Å². The van der Waals surface area contributed by atoms with Crippen LogP contribution in [0.1, 0.15) is 66.8 Å². The molecular weight excluding hydrogens is 600 g/mol. The molecule has 6 heteroatoms. The van der Waals surface area contributed by atoms with Gasteiger partial charge in [-0.3, -0.25) is 0 Å². The second-order valence-corrected chi connectivity index (χ2v) is 12.7. The third-order valence-electron chi connectivity index (χ3n) is 9.96. The highest BCUT2D eigenvalue weighted by Crippen LogP contribution is 2.45. The number of benzene rings is 5. The lowest BCUT2D eigenvalue weighted by Gasteiger charge is -2.25. The van der Waals surface area contributed by atoms with Gasteiger partial charge in [-0.1, -0.05) is 36.4 Å². The van der Waals surface area contributed by atoms with Crippen molar-refractivity contribution in [2.45, 2.75) is 59.9 Å². The summed E-state index contributed by atoms with van der Waals surface area (Å²) in [6, 6.07) is 25.2. The third-order valence-corrected chi connectivity index (χ3v) is 9.96. The van der Waals surface area contributed by atoms with Crippen molar-refractivity contribution in [3.05, 3.63) is 140 Å². The molecule has 246 valence electrons. The van der Waals surface area contributed by atoms with Crippen LogP contribution in [0, 0.1) is 20.8 Å². The monoisotopic (exact) mass is 642 g/mol. The van der Waals surface area contributed by atoms with Gasteiger partial charge in [0.25, 0.3) is 0 Å². The van der Waals surface area contributed by atoms with Crippen LogP contribution in [-0.2, 0) is 39.1 Å². The van der Waals surface area contributed by atoms with Crippen LogP contribution in [0.5, 0.6) is 34.5 Å². The molecule has 0 atom stereocenters. The topological polar surface area (TPSA) is 55.4 Å². The lowest BCUT2D eigenvalue weighted by molar-refractivity contribution is 0.255. The molecule has 12 bridgehead atoms. The number of methoxy groups -OCH3 is 3. The number of hydrogen-bond acceptors (Lipinski definition) is 6. The molecule has 0 radical (unpaired) electrons. The molecule has 0 aromatic heterocycles. The predicted molar refractivity (Wildman–Crippen MR) is 187 cm³/mol. The summed E-state index contributed by atoms with van der Waals surface area (Å²) in [7, 11) is 4.97. The Morgan fingerprint density at radius 3 is 0.979 bits per heavy atom. The summed E-state index contributed by atoms with van der Waals surface area (Å²) >= 11 is 0. The molecule has 48 heavy (non-hydrogen) atoms. The molecule has 5 aromatic rings. The van der Waals surface area contributed by atoms with Crippen molar-refractivity contribution in [1.82, 2.24) is 0 Å². The van der Waals surface area contributed by atoms with Gasteiger partial charge in [-0.25, -0.2) is 0 Å². The average Bonchev–Trinajstić information content (AvgIpc) is 3.10. The summed E-state index contributed by atoms with van der Waals surface area (Å²) in [5.74, 6) is 4.12. The zero-order chi connectivity index (χ0) is 33.4. The fourth-order valence-electron chi connectivity index (χ4n) is 7.49. The van der Waals surface area contributed by atoms with Gasteiger partial charge in [-0.2, -0.15) is 0 Å². The molecule has 0 unspecified atom stereocenters. The fraction of sp³-hybridized carbons (Fsp3) is 0.286. The van der Waals surface area contributed by atoms with Gasteiger partial charge in [-0.05, 0) is 127 Å². The Hall–Kier alpha value is -5.10. The first kappa shape index (κ1) is 31.5. The van der Waals surface area contributed by atoms with Gasteiger partial charge in [-0.15, -0.1) is 0 Å². The van der Waals surface area contributed by atoms with Gasteiger partial charge in [0.15, 0.2) is 0 Å². The van der Waals surface area contributed by atoms with Crippen LogP contribution in [0.4, 0.5) is 0 Å². The number of hydrogen-bond donors (Lipinski definition) is 0. The summed E-state index contributed by atoms with van der Waals surface area (Å²) in [6.45, 7) is 7.47. The largest absolute Gasteiger partial charge is 0.496 e. The second-order valence-electron chi connectivity index (χ2n) is 12.7. The quantitative estimate of drug-likeness (QED) is 0.196. The summed E-state index contributed by atoms with van der Waals surface area (Å²) in [5, 5.41) is 0. The molecule has 0 fully saturated rings. The minimum absolute atomic E-state index is 0.210. The molecule has 0 N–H and O–H groups in total. The lowest BCUT2D eigenvalue weighted by atomic mass is 9.82. The van der Waals surface area contributed by atoms with Crippen molar-refractivity contribution in [2.75, 3.05) is 21.3 Å². The van der Waals surface area contributed by atoms with Gasteiger partial charge >= 0.3 is 0 Å². The predicted octanol–water partition coefficient (Wildman–Crippen LogP) is 8.77. The molecule has 5 aromatic carbocycles. The number of fused-ring (bicyclic) bond motifs is 3. The maximum atomic E-state index is 6.53. The van der Waals surface area contributed by atoms with Gasteiger partial charge in [0, 0.05) is 0 Å². The first-order chi connectivity index (χ1) is 23.4. The molecule has 0 saturated heterocycles. The van der Waals surface area contributed by atoms with E-state index in [0.717, 1.165) is 53.2 Å². The van der Waals surface area contributed by atoms with Gasteiger partial charge in [0.05, 0.1) is 38.0 Å². The summed E-state index contributed by atoms with van der Waals surface area (Å²) in [4.78, 5) is 0. The maximum absolute atomic E-state index is 6.53. The SMILES string of the molecule is COc1c2c(OC)c3c(OC)c1COc1cccc(c1)Cc1c(C)c(c(C)c(c1C)Cc1cccc(c1)OC3)Cc1cccc(c1)OC2. The van der Waals surface area contributed by atoms with Crippen LogP contribution in [-0.4, -0.2) is 21.3 Å². The Bertz CT molecular complexity index is 1740. The van der Waals surface area contributed by atoms with E-state index in [0.29, 0.717) is 17.2 Å². The van der Waals surface area contributed by atoms with E-state index in [1.807, 2.05) is 18.2 Å². The Morgan fingerprint density at radius 1 is 0.417 bits per heavy atom. The first-order valence-corrected chi connectivity index (χ1v) is 16.5. The van der Waals surface area contributed by atoms with Crippen molar-refractivity contribution in [3.8, 4) is 34.5 Å². The highest BCUT2D eigenvalue weighted by Gasteiger charge is 2.28. The highest BCUT2D eigenvalue weighted by atomic mass is 16.5. The molecule has 3 aliphatic rings. The number of rotatable bonds is 3. The molecule has 3 heterocycles. The fourth-order valence-corrected chi connectivity index (χ4v) is 7.49. The maximum Gasteiger partial charge on any atom is 0.139 e. The van der Waals surface area contributed by atoms with Crippen molar-refractivity contribution in [3.63, 3.8) is 0 Å². The molecule has 0 amide bonds. The van der Waals surface area contributed by atoms with E-state index in [9.17, 15) is 0 Å². The van der Waals surface area contributed by atoms with Gasteiger partial charge in [0.1, 0.15) is 54.3 Å². The van der Waals surface area contributed by atoms with Crippen molar-refractivity contribution < 1.29 is 28.4 Å². The summed E-state index contributed by atoms with van der Waals surface area (Å²) < 4.78 is 37.9. The Morgan fingerprint density at radius 2 is 0.708 bits per heavy atom. The van der Waals surface area contributed by atoms with E-state index < -0.39 is 0 Å². The smallest absolute Gasteiger partial charge is 0.139 e. The minimum atomic E-state index is 0.210. The lowest BCUT2D eigenvalue weighted by Crippen LogP contribution is -2.13. The second kappa shape index (κ2) is 13.2. The van der Waals surface area contributed by atoms with E-state index >= 15 is 0 Å².